The highest BCUT2D eigenvalue weighted by Crippen LogP contribution is 2.26. The SMILES string of the molecule is Cc1ccc(N2C(=O)C[C@H](NC3CC3)C2=O)cc1. The fourth-order valence-corrected chi connectivity index (χ4v) is 2.26. The molecular formula is C14H16N2O2. The molecular weight excluding hydrogens is 228 g/mol. The molecule has 1 N–H and O–H groups in total. The highest BCUT2D eigenvalue weighted by Gasteiger charge is 2.41. The molecule has 0 aromatic heterocycles. The molecule has 1 saturated heterocycles. The van der Waals surface area contributed by atoms with E-state index in [4.69, 9.17) is 0 Å². The topological polar surface area (TPSA) is 49.4 Å². The van der Waals surface area contributed by atoms with E-state index in [0.29, 0.717) is 11.7 Å². The summed E-state index contributed by atoms with van der Waals surface area (Å²) in [7, 11) is 0. The molecule has 1 aromatic carbocycles. The molecule has 4 heteroatoms. The van der Waals surface area contributed by atoms with Gasteiger partial charge in [-0.25, -0.2) is 4.90 Å². The Kier molecular flexibility index (Phi) is 2.67. The third-order valence-corrected chi connectivity index (χ3v) is 3.45. The van der Waals surface area contributed by atoms with Crippen LogP contribution in [0.15, 0.2) is 24.3 Å². The molecule has 1 aliphatic carbocycles. The van der Waals surface area contributed by atoms with Gasteiger partial charge in [0.15, 0.2) is 0 Å². The number of nitrogens with zero attached hydrogens (tertiary/aromatic N) is 1. The largest absolute Gasteiger partial charge is 0.303 e. The Morgan fingerprint density at radius 1 is 1.17 bits per heavy atom. The standard InChI is InChI=1S/C14H16N2O2/c1-9-2-6-11(7-3-9)16-13(17)8-12(14(16)18)15-10-4-5-10/h2-3,6-7,10,12,15H,4-5,8H2,1H3/t12-/m0/s1. The van der Waals surface area contributed by atoms with Gasteiger partial charge in [-0.05, 0) is 31.9 Å². The van der Waals surface area contributed by atoms with Crippen LogP contribution in [0.3, 0.4) is 0 Å². The number of amides is 2. The van der Waals surface area contributed by atoms with Crippen LogP contribution in [0.5, 0.6) is 0 Å². The maximum atomic E-state index is 12.2. The van der Waals surface area contributed by atoms with Crippen molar-refractivity contribution < 1.29 is 9.59 Å². The smallest absolute Gasteiger partial charge is 0.251 e. The average Bonchev–Trinajstić information content (AvgIpc) is 3.10. The molecule has 18 heavy (non-hydrogen) atoms. The molecule has 4 nitrogen and oxygen atoms in total. The number of hydrogen-bond donors (Lipinski definition) is 1. The molecule has 0 spiro atoms. The van der Waals surface area contributed by atoms with Crippen LogP contribution in [0, 0.1) is 6.92 Å². The maximum Gasteiger partial charge on any atom is 0.251 e. The third-order valence-electron chi connectivity index (χ3n) is 3.45. The van der Waals surface area contributed by atoms with E-state index in [9.17, 15) is 9.59 Å². The van der Waals surface area contributed by atoms with Gasteiger partial charge >= 0.3 is 0 Å². The molecule has 0 bridgehead atoms. The van der Waals surface area contributed by atoms with Crippen LogP contribution in [0.1, 0.15) is 24.8 Å². The number of imide groups is 1. The van der Waals surface area contributed by atoms with Crippen LogP contribution in [-0.2, 0) is 9.59 Å². The molecule has 1 aromatic rings. The van der Waals surface area contributed by atoms with Crippen molar-refractivity contribution in [2.24, 2.45) is 0 Å². The van der Waals surface area contributed by atoms with E-state index in [0.717, 1.165) is 18.4 Å². The van der Waals surface area contributed by atoms with Gasteiger partial charge in [-0.1, -0.05) is 17.7 Å². The maximum absolute atomic E-state index is 12.2. The number of hydrogen-bond acceptors (Lipinski definition) is 3. The van der Waals surface area contributed by atoms with E-state index in [2.05, 4.69) is 5.32 Å². The molecule has 2 fully saturated rings. The number of aryl methyl sites for hydroxylation is 1. The Morgan fingerprint density at radius 3 is 2.44 bits per heavy atom. The van der Waals surface area contributed by atoms with Crippen molar-refractivity contribution >= 4 is 17.5 Å². The third kappa shape index (κ3) is 2.04. The van der Waals surface area contributed by atoms with E-state index in [1.165, 1.54) is 4.90 Å². The zero-order valence-corrected chi connectivity index (χ0v) is 10.3. The van der Waals surface area contributed by atoms with Gasteiger partial charge in [-0.2, -0.15) is 0 Å². The van der Waals surface area contributed by atoms with E-state index in [1.807, 2.05) is 31.2 Å². The number of benzene rings is 1. The lowest BCUT2D eigenvalue weighted by molar-refractivity contribution is -0.121. The van der Waals surface area contributed by atoms with Gasteiger partial charge in [0.05, 0.1) is 18.2 Å². The molecule has 3 rings (SSSR count). The van der Waals surface area contributed by atoms with Crippen LogP contribution < -0.4 is 10.2 Å². The molecule has 94 valence electrons. The molecule has 1 atom stereocenters. The summed E-state index contributed by atoms with van der Waals surface area (Å²) in [5.74, 6) is -0.224. The van der Waals surface area contributed by atoms with Crippen LogP contribution in [0.4, 0.5) is 5.69 Å². The first kappa shape index (κ1) is 11.4. The normalized spacial score (nSPS) is 23.8. The lowest BCUT2D eigenvalue weighted by Gasteiger charge is -2.15. The molecule has 1 heterocycles. The van der Waals surface area contributed by atoms with Crippen LogP contribution in [0.2, 0.25) is 0 Å². The van der Waals surface area contributed by atoms with Gasteiger partial charge in [0.2, 0.25) is 5.91 Å². The molecule has 2 aliphatic rings. The lowest BCUT2D eigenvalue weighted by Crippen LogP contribution is -2.39. The summed E-state index contributed by atoms with van der Waals surface area (Å²) < 4.78 is 0. The minimum absolute atomic E-state index is 0.109. The Hall–Kier alpha value is -1.68. The van der Waals surface area contributed by atoms with E-state index < -0.39 is 0 Å². The minimum Gasteiger partial charge on any atom is -0.303 e. The Morgan fingerprint density at radius 2 is 1.83 bits per heavy atom. The second-order valence-electron chi connectivity index (χ2n) is 5.10. The minimum atomic E-state index is -0.327. The fraction of sp³-hybridized carbons (Fsp3) is 0.429. The van der Waals surface area contributed by atoms with Gasteiger partial charge < -0.3 is 5.32 Å². The summed E-state index contributed by atoms with van der Waals surface area (Å²) >= 11 is 0. The number of nitrogens with one attached hydrogen (secondary N) is 1. The Bertz CT molecular complexity index is 491. The predicted octanol–water partition coefficient (Wildman–Crippen LogP) is 1.38. The second-order valence-corrected chi connectivity index (χ2v) is 5.10. The van der Waals surface area contributed by atoms with Gasteiger partial charge in [0.25, 0.3) is 5.91 Å². The summed E-state index contributed by atoms with van der Waals surface area (Å²) in [5.41, 5.74) is 1.79. The van der Waals surface area contributed by atoms with Crippen molar-refractivity contribution in [2.45, 2.75) is 38.3 Å². The first-order valence-electron chi connectivity index (χ1n) is 6.34. The molecule has 1 aliphatic heterocycles. The molecule has 1 saturated carbocycles. The average molecular weight is 244 g/mol. The van der Waals surface area contributed by atoms with E-state index in [1.54, 1.807) is 0 Å². The van der Waals surface area contributed by atoms with E-state index in [-0.39, 0.29) is 24.3 Å². The van der Waals surface area contributed by atoms with Crippen molar-refractivity contribution in [3.8, 4) is 0 Å². The molecule has 2 amide bonds. The highest BCUT2D eigenvalue weighted by atomic mass is 16.2. The second kappa shape index (κ2) is 4.21. The Labute approximate surface area is 106 Å². The zero-order valence-electron chi connectivity index (χ0n) is 10.3. The van der Waals surface area contributed by atoms with Crippen molar-refractivity contribution in [3.05, 3.63) is 29.8 Å². The summed E-state index contributed by atoms with van der Waals surface area (Å²) in [4.78, 5) is 25.5. The monoisotopic (exact) mass is 244 g/mol. The number of carbonyl (C=O) groups excluding carboxylic acids is 2. The Balaban J connectivity index is 1.80. The van der Waals surface area contributed by atoms with Crippen molar-refractivity contribution in [2.75, 3.05) is 4.90 Å². The summed E-state index contributed by atoms with van der Waals surface area (Å²) in [6.45, 7) is 1.98. The lowest BCUT2D eigenvalue weighted by atomic mass is 10.2. The number of rotatable bonds is 3. The van der Waals surface area contributed by atoms with Crippen molar-refractivity contribution in [1.82, 2.24) is 5.32 Å². The van der Waals surface area contributed by atoms with Crippen LogP contribution in [-0.4, -0.2) is 23.9 Å². The summed E-state index contributed by atoms with van der Waals surface area (Å²) in [5, 5.41) is 3.23. The van der Waals surface area contributed by atoms with Gasteiger partial charge in [-0.15, -0.1) is 0 Å². The first-order chi connectivity index (χ1) is 8.65. The van der Waals surface area contributed by atoms with Gasteiger partial charge in [-0.3, -0.25) is 9.59 Å². The summed E-state index contributed by atoms with van der Waals surface area (Å²) in [6.07, 6.45) is 2.51. The quantitative estimate of drug-likeness (QED) is 0.817. The summed E-state index contributed by atoms with van der Waals surface area (Å²) in [6, 6.07) is 7.58. The van der Waals surface area contributed by atoms with Crippen LogP contribution in [0.25, 0.3) is 0 Å². The van der Waals surface area contributed by atoms with Gasteiger partial charge in [0, 0.05) is 6.04 Å². The van der Waals surface area contributed by atoms with Crippen molar-refractivity contribution in [1.29, 1.82) is 0 Å². The zero-order chi connectivity index (χ0) is 12.7. The first-order valence-corrected chi connectivity index (χ1v) is 6.34. The number of carbonyl (C=O) groups is 2. The fourth-order valence-electron chi connectivity index (χ4n) is 2.26. The van der Waals surface area contributed by atoms with Crippen LogP contribution >= 0.6 is 0 Å². The highest BCUT2D eigenvalue weighted by molar-refractivity contribution is 6.22. The predicted molar refractivity (Wildman–Crippen MR) is 68.2 cm³/mol. The number of anilines is 1. The van der Waals surface area contributed by atoms with Crippen molar-refractivity contribution in [3.63, 3.8) is 0 Å². The van der Waals surface area contributed by atoms with Gasteiger partial charge in [0.1, 0.15) is 0 Å². The van der Waals surface area contributed by atoms with E-state index >= 15 is 0 Å². The molecule has 0 radical (unpaired) electrons. The molecule has 0 unspecified atom stereocenters.